The molecular formula is C19H15F3N2O2S. The maximum Gasteiger partial charge on any atom is 0.398 e. The monoisotopic (exact) mass is 392 g/mol. The van der Waals surface area contributed by atoms with Crippen LogP contribution in [0.3, 0.4) is 0 Å². The van der Waals surface area contributed by atoms with Gasteiger partial charge in [-0.3, -0.25) is 14.5 Å². The molecule has 140 valence electrons. The molecule has 1 aliphatic rings. The molecular weight excluding hydrogens is 377 g/mol. The fourth-order valence-electron chi connectivity index (χ4n) is 2.69. The van der Waals surface area contributed by atoms with Gasteiger partial charge in [-0.05, 0) is 18.2 Å². The molecule has 2 aromatic rings. The summed E-state index contributed by atoms with van der Waals surface area (Å²) in [6.07, 6.45) is -4.31. The molecule has 0 aromatic heterocycles. The van der Waals surface area contributed by atoms with Gasteiger partial charge < -0.3 is 5.32 Å². The number of amides is 2. The van der Waals surface area contributed by atoms with Crippen molar-refractivity contribution in [1.29, 1.82) is 0 Å². The molecule has 0 radical (unpaired) electrons. The van der Waals surface area contributed by atoms with Crippen molar-refractivity contribution in [1.82, 2.24) is 4.90 Å². The van der Waals surface area contributed by atoms with Crippen molar-refractivity contribution in [3.05, 3.63) is 66.2 Å². The SMILES string of the molecule is C=C1c2ccccc2C(=O)N1CC(=O)Nc1ccccc1SCC(F)(F)F. The van der Waals surface area contributed by atoms with E-state index in [1.807, 2.05) is 0 Å². The number of nitrogens with one attached hydrogen (secondary N) is 1. The van der Waals surface area contributed by atoms with Crippen LogP contribution in [0.25, 0.3) is 5.70 Å². The molecule has 2 amide bonds. The first kappa shape index (κ1) is 19.0. The molecule has 0 aliphatic carbocycles. The van der Waals surface area contributed by atoms with Crippen LogP contribution in [0.2, 0.25) is 0 Å². The van der Waals surface area contributed by atoms with Crippen LogP contribution in [0.4, 0.5) is 18.9 Å². The zero-order valence-corrected chi connectivity index (χ0v) is 14.9. The van der Waals surface area contributed by atoms with E-state index in [4.69, 9.17) is 0 Å². The fourth-order valence-corrected chi connectivity index (χ4v) is 3.46. The van der Waals surface area contributed by atoms with Crippen molar-refractivity contribution in [2.45, 2.75) is 11.1 Å². The quantitative estimate of drug-likeness (QED) is 0.767. The van der Waals surface area contributed by atoms with E-state index in [2.05, 4.69) is 11.9 Å². The van der Waals surface area contributed by atoms with Gasteiger partial charge in [0.05, 0.1) is 11.4 Å². The highest BCUT2D eigenvalue weighted by molar-refractivity contribution is 7.99. The average molecular weight is 392 g/mol. The molecule has 0 bridgehead atoms. The Balaban J connectivity index is 1.69. The number of anilines is 1. The number of hydrogen-bond acceptors (Lipinski definition) is 3. The van der Waals surface area contributed by atoms with E-state index < -0.39 is 17.8 Å². The van der Waals surface area contributed by atoms with Crippen LogP contribution < -0.4 is 5.32 Å². The van der Waals surface area contributed by atoms with Crippen LogP contribution in [0, 0.1) is 0 Å². The van der Waals surface area contributed by atoms with Crippen molar-refractivity contribution in [3.8, 4) is 0 Å². The van der Waals surface area contributed by atoms with E-state index in [0.717, 1.165) is 0 Å². The number of fused-ring (bicyclic) bond motifs is 1. The molecule has 8 heteroatoms. The molecule has 27 heavy (non-hydrogen) atoms. The van der Waals surface area contributed by atoms with Crippen molar-refractivity contribution in [3.63, 3.8) is 0 Å². The summed E-state index contributed by atoms with van der Waals surface area (Å²) in [5.41, 5.74) is 1.82. The third-order valence-corrected chi connectivity index (χ3v) is 5.03. The zero-order chi connectivity index (χ0) is 19.6. The molecule has 3 rings (SSSR count). The van der Waals surface area contributed by atoms with Gasteiger partial charge in [0.1, 0.15) is 6.54 Å². The molecule has 1 heterocycles. The molecule has 4 nitrogen and oxygen atoms in total. The topological polar surface area (TPSA) is 49.4 Å². The molecule has 1 N–H and O–H groups in total. The second-order valence-electron chi connectivity index (χ2n) is 5.83. The Morgan fingerprint density at radius 1 is 1.07 bits per heavy atom. The summed E-state index contributed by atoms with van der Waals surface area (Å²) in [6.45, 7) is 3.58. The third kappa shape index (κ3) is 4.33. The normalized spacial score (nSPS) is 13.7. The maximum absolute atomic E-state index is 12.5. The highest BCUT2D eigenvalue weighted by Crippen LogP contribution is 2.33. The minimum atomic E-state index is -4.31. The predicted octanol–water partition coefficient (Wildman–Crippen LogP) is 4.41. The predicted molar refractivity (Wildman–Crippen MR) is 98.4 cm³/mol. The van der Waals surface area contributed by atoms with Crippen LogP contribution in [0.1, 0.15) is 15.9 Å². The molecule has 1 aliphatic heterocycles. The van der Waals surface area contributed by atoms with Gasteiger partial charge in [-0.1, -0.05) is 36.9 Å². The molecule has 0 fully saturated rings. The third-order valence-electron chi connectivity index (χ3n) is 3.89. The lowest BCUT2D eigenvalue weighted by molar-refractivity contribution is -0.116. The van der Waals surface area contributed by atoms with E-state index in [9.17, 15) is 22.8 Å². The van der Waals surface area contributed by atoms with E-state index in [0.29, 0.717) is 33.5 Å². The first-order valence-corrected chi connectivity index (χ1v) is 8.93. The van der Waals surface area contributed by atoms with Gasteiger partial charge in [0, 0.05) is 21.7 Å². The van der Waals surface area contributed by atoms with Gasteiger partial charge in [-0.15, -0.1) is 11.8 Å². The molecule has 0 spiro atoms. The number of hydrogen-bond donors (Lipinski definition) is 1. The Kier molecular flexibility index (Phi) is 5.27. The van der Waals surface area contributed by atoms with E-state index in [1.165, 1.54) is 17.0 Å². The Morgan fingerprint density at radius 2 is 1.70 bits per heavy atom. The molecule has 0 saturated heterocycles. The summed E-state index contributed by atoms with van der Waals surface area (Å²) in [4.78, 5) is 26.4. The first-order chi connectivity index (χ1) is 12.8. The van der Waals surface area contributed by atoms with Crippen LogP contribution in [0.15, 0.2) is 60.0 Å². The summed E-state index contributed by atoms with van der Waals surface area (Å²) >= 11 is 0.592. The van der Waals surface area contributed by atoms with Gasteiger partial charge in [0.2, 0.25) is 5.91 Å². The second-order valence-corrected chi connectivity index (χ2v) is 6.85. The first-order valence-electron chi connectivity index (χ1n) is 7.95. The van der Waals surface area contributed by atoms with Crippen LogP contribution in [-0.4, -0.2) is 35.2 Å². The number of rotatable bonds is 5. The second kappa shape index (κ2) is 7.48. The number of halogens is 3. The fraction of sp³-hybridized carbons (Fsp3) is 0.158. The van der Waals surface area contributed by atoms with Gasteiger partial charge in [0.25, 0.3) is 5.91 Å². The van der Waals surface area contributed by atoms with Crippen LogP contribution in [-0.2, 0) is 4.79 Å². The van der Waals surface area contributed by atoms with Gasteiger partial charge in [0.15, 0.2) is 0 Å². The van der Waals surface area contributed by atoms with Gasteiger partial charge in [-0.25, -0.2) is 0 Å². The summed E-state index contributed by atoms with van der Waals surface area (Å²) < 4.78 is 37.4. The zero-order valence-electron chi connectivity index (χ0n) is 14.0. The van der Waals surface area contributed by atoms with Crippen LogP contribution in [0.5, 0.6) is 0 Å². The maximum atomic E-state index is 12.5. The molecule has 0 unspecified atom stereocenters. The summed E-state index contributed by atoms with van der Waals surface area (Å²) in [7, 11) is 0. The Morgan fingerprint density at radius 3 is 2.37 bits per heavy atom. The summed E-state index contributed by atoms with van der Waals surface area (Å²) in [6, 6.07) is 13.1. The van der Waals surface area contributed by atoms with Crippen molar-refractivity contribution in [2.75, 3.05) is 17.6 Å². The number of carbonyl (C=O) groups is 2. The number of nitrogens with zero attached hydrogens (tertiary/aromatic N) is 1. The smallest absolute Gasteiger partial charge is 0.324 e. The van der Waals surface area contributed by atoms with E-state index >= 15 is 0 Å². The Hall–Kier alpha value is -2.74. The highest BCUT2D eigenvalue weighted by Gasteiger charge is 2.32. The largest absolute Gasteiger partial charge is 0.398 e. The minimum absolute atomic E-state index is 0.270. The summed E-state index contributed by atoms with van der Waals surface area (Å²) in [5.74, 6) is -1.90. The standard InChI is InChI=1S/C19H15F3N2O2S/c1-12-13-6-2-3-7-14(13)18(26)24(12)10-17(25)23-15-8-4-5-9-16(15)27-11-19(20,21)22/h2-9H,1,10-11H2,(H,23,25). The highest BCUT2D eigenvalue weighted by atomic mass is 32.2. The minimum Gasteiger partial charge on any atom is -0.324 e. The van der Waals surface area contributed by atoms with Crippen molar-refractivity contribution >= 4 is 35.0 Å². The van der Waals surface area contributed by atoms with Gasteiger partial charge >= 0.3 is 6.18 Å². The molecule has 2 aromatic carbocycles. The van der Waals surface area contributed by atoms with E-state index in [-0.39, 0.29) is 18.1 Å². The Bertz CT molecular complexity index is 877. The van der Waals surface area contributed by atoms with Crippen molar-refractivity contribution < 1.29 is 22.8 Å². The van der Waals surface area contributed by atoms with Crippen LogP contribution >= 0.6 is 11.8 Å². The molecule has 0 atom stereocenters. The van der Waals surface area contributed by atoms with Crippen molar-refractivity contribution in [2.24, 2.45) is 0 Å². The molecule has 0 saturated carbocycles. The number of para-hydroxylation sites is 1. The average Bonchev–Trinajstić information content (AvgIpc) is 2.86. The lowest BCUT2D eigenvalue weighted by Crippen LogP contribution is -2.32. The summed E-state index contributed by atoms with van der Waals surface area (Å²) in [5, 5.41) is 2.58. The number of alkyl halides is 3. The Labute approximate surface area is 158 Å². The van der Waals surface area contributed by atoms with E-state index in [1.54, 1.807) is 36.4 Å². The number of thioether (sulfide) groups is 1. The lowest BCUT2D eigenvalue weighted by Gasteiger charge is -2.18. The van der Waals surface area contributed by atoms with Gasteiger partial charge in [-0.2, -0.15) is 13.2 Å². The lowest BCUT2D eigenvalue weighted by atomic mass is 10.1. The number of carbonyl (C=O) groups excluding carboxylic acids is 2. The number of benzene rings is 2.